The van der Waals surface area contributed by atoms with Gasteiger partial charge in [0.1, 0.15) is 0 Å². The number of nitrogens with one attached hydrogen (secondary N) is 1. The lowest BCUT2D eigenvalue weighted by Crippen LogP contribution is -2.33. The summed E-state index contributed by atoms with van der Waals surface area (Å²) in [6, 6.07) is 8.94. The first-order chi connectivity index (χ1) is 11.8. The Kier molecular flexibility index (Phi) is 3.61. The van der Waals surface area contributed by atoms with Crippen LogP contribution in [-0.4, -0.2) is 20.9 Å². The SMILES string of the molecule is Cc1ccc(NS(=O)(=O)c2cc3c4c(c2)CCN4C(=O)CC3)cc1C. The maximum Gasteiger partial charge on any atom is 0.261 e. The second-order valence-electron chi connectivity index (χ2n) is 6.79. The number of anilines is 2. The Morgan fingerprint density at radius 1 is 0.960 bits per heavy atom. The largest absolute Gasteiger partial charge is 0.312 e. The van der Waals surface area contributed by atoms with Crippen LogP contribution in [0.2, 0.25) is 0 Å². The first-order valence-corrected chi connectivity index (χ1v) is 9.90. The average Bonchev–Trinajstić information content (AvgIpc) is 2.99. The Morgan fingerprint density at radius 2 is 1.68 bits per heavy atom. The fraction of sp³-hybridized carbons (Fsp3) is 0.316. The van der Waals surface area contributed by atoms with Crippen molar-refractivity contribution in [3.8, 4) is 0 Å². The molecule has 1 N–H and O–H groups in total. The van der Waals surface area contributed by atoms with Crippen LogP contribution in [0.5, 0.6) is 0 Å². The topological polar surface area (TPSA) is 66.5 Å². The molecule has 2 heterocycles. The van der Waals surface area contributed by atoms with Gasteiger partial charge in [0.05, 0.1) is 10.6 Å². The van der Waals surface area contributed by atoms with Gasteiger partial charge >= 0.3 is 0 Å². The predicted molar refractivity (Wildman–Crippen MR) is 97.5 cm³/mol. The van der Waals surface area contributed by atoms with Crippen LogP contribution in [0.25, 0.3) is 0 Å². The Balaban J connectivity index is 1.72. The highest BCUT2D eigenvalue weighted by atomic mass is 32.2. The van der Waals surface area contributed by atoms with Crippen molar-refractivity contribution in [3.63, 3.8) is 0 Å². The number of carbonyl (C=O) groups is 1. The number of nitrogens with zero attached hydrogens (tertiary/aromatic N) is 1. The number of rotatable bonds is 3. The molecule has 0 radical (unpaired) electrons. The molecule has 0 atom stereocenters. The van der Waals surface area contributed by atoms with Crippen LogP contribution in [0.1, 0.15) is 28.7 Å². The highest BCUT2D eigenvalue weighted by Crippen LogP contribution is 2.38. The van der Waals surface area contributed by atoms with Gasteiger partial charge in [-0.3, -0.25) is 9.52 Å². The van der Waals surface area contributed by atoms with Gasteiger partial charge in [-0.1, -0.05) is 6.07 Å². The first kappa shape index (κ1) is 16.1. The van der Waals surface area contributed by atoms with Crippen molar-refractivity contribution in [1.29, 1.82) is 0 Å². The molecule has 0 saturated carbocycles. The fourth-order valence-electron chi connectivity index (χ4n) is 3.60. The van der Waals surface area contributed by atoms with E-state index in [1.807, 2.05) is 26.0 Å². The maximum absolute atomic E-state index is 12.8. The molecule has 6 heteroatoms. The number of hydrogen-bond donors (Lipinski definition) is 1. The summed E-state index contributed by atoms with van der Waals surface area (Å²) in [5, 5.41) is 0. The molecule has 5 nitrogen and oxygen atoms in total. The van der Waals surface area contributed by atoms with Gasteiger partial charge in [0, 0.05) is 18.7 Å². The lowest BCUT2D eigenvalue weighted by molar-refractivity contribution is -0.118. The Bertz CT molecular complexity index is 996. The van der Waals surface area contributed by atoms with E-state index in [1.165, 1.54) is 0 Å². The van der Waals surface area contributed by atoms with E-state index in [0.717, 1.165) is 27.9 Å². The van der Waals surface area contributed by atoms with Crippen molar-refractivity contribution < 1.29 is 13.2 Å². The van der Waals surface area contributed by atoms with Gasteiger partial charge < -0.3 is 4.90 Å². The van der Waals surface area contributed by atoms with Crippen LogP contribution in [0, 0.1) is 13.8 Å². The first-order valence-electron chi connectivity index (χ1n) is 8.41. The molecule has 0 fully saturated rings. The summed E-state index contributed by atoms with van der Waals surface area (Å²) in [6.07, 6.45) is 1.76. The summed E-state index contributed by atoms with van der Waals surface area (Å²) in [4.78, 5) is 14.1. The summed E-state index contributed by atoms with van der Waals surface area (Å²) in [5.41, 5.74) is 5.56. The van der Waals surface area contributed by atoms with Crippen LogP contribution < -0.4 is 9.62 Å². The standard InChI is InChI=1S/C19H20N2O3S/c1-12-3-5-16(9-13(12)2)20-25(23,24)17-10-14-4-6-18(22)21-8-7-15(11-17)19(14)21/h3,5,9-11,20H,4,6-8H2,1-2H3. The third-order valence-corrected chi connectivity index (χ3v) is 6.46. The van der Waals surface area contributed by atoms with Gasteiger partial charge in [-0.25, -0.2) is 8.42 Å². The summed E-state index contributed by atoms with van der Waals surface area (Å²) < 4.78 is 28.4. The van der Waals surface area contributed by atoms with Crippen LogP contribution in [0.15, 0.2) is 35.2 Å². The molecule has 0 aliphatic carbocycles. The molecule has 0 spiro atoms. The minimum absolute atomic E-state index is 0.134. The number of hydrogen-bond acceptors (Lipinski definition) is 3. The number of amides is 1. The Hall–Kier alpha value is -2.34. The van der Waals surface area contributed by atoms with E-state index in [1.54, 1.807) is 23.1 Å². The number of carbonyl (C=O) groups excluding carboxylic acids is 1. The van der Waals surface area contributed by atoms with Gasteiger partial charge in [0.25, 0.3) is 10.0 Å². The lowest BCUT2D eigenvalue weighted by Gasteiger charge is -2.25. The Morgan fingerprint density at radius 3 is 2.40 bits per heavy atom. The van der Waals surface area contributed by atoms with Crippen molar-refractivity contribution >= 4 is 27.3 Å². The van der Waals surface area contributed by atoms with E-state index < -0.39 is 10.0 Å². The van der Waals surface area contributed by atoms with Gasteiger partial charge in [0.15, 0.2) is 0 Å². The smallest absolute Gasteiger partial charge is 0.261 e. The maximum atomic E-state index is 12.8. The van der Waals surface area contributed by atoms with Crippen LogP contribution in [0.4, 0.5) is 11.4 Å². The minimum atomic E-state index is -3.66. The predicted octanol–water partition coefficient (Wildman–Crippen LogP) is 2.94. The molecule has 2 aromatic carbocycles. The third-order valence-electron chi connectivity index (χ3n) is 5.09. The van der Waals surface area contributed by atoms with Crippen molar-refractivity contribution in [1.82, 2.24) is 0 Å². The zero-order chi connectivity index (χ0) is 17.8. The second-order valence-corrected chi connectivity index (χ2v) is 8.47. The summed E-state index contributed by atoms with van der Waals surface area (Å²) >= 11 is 0. The van der Waals surface area contributed by atoms with Crippen molar-refractivity contribution in [3.05, 3.63) is 52.6 Å². The van der Waals surface area contributed by atoms with Gasteiger partial charge in [-0.2, -0.15) is 0 Å². The van der Waals surface area contributed by atoms with Crippen molar-refractivity contribution in [2.24, 2.45) is 0 Å². The van der Waals surface area contributed by atoms with Crippen molar-refractivity contribution in [2.75, 3.05) is 16.2 Å². The van der Waals surface area contributed by atoms with E-state index in [-0.39, 0.29) is 10.8 Å². The van der Waals surface area contributed by atoms with E-state index in [9.17, 15) is 13.2 Å². The van der Waals surface area contributed by atoms with Gasteiger partial charge in [0.2, 0.25) is 5.91 Å². The Labute approximate surface area is 147 Å². The summed E-state index contributed by atoms with van der Waals surface area (Å²) in [7, 11) is -3.66. The fourth-order valence-corrected chi connectivity index (χ4v) is 4.75. The highest BCUT2D eigenvalue weighted by molar-refractivity contribution is 7.92. The second kappa shape index (κ2) is 5.59. The zero-order valence-corrected chi connectivity index (χ0v) is 15.1. The summed E-state index contributed by atoms with van der Waals surface area (Å²) in [6.45, 7) is 4.60. The highest BCUT2D eigenvalue weighted by Gasteiger charge is 2.32. The number of aryl methyl sites for hydroxylation is 3. The summed E-state index contributed by atoms with van der Waals surface area (Å²) in [5.74, 6) is 0.134. The van der Waals surface area contributed by atoms with Gasteiger partial charge in [-0.05, 0) is 73.2 Å². The molecule has 2 aliphatic heterocycles. The molecule has 2 aliphatic rings. The van der Waals surface area contributed by atoms with E-state index in [4.69, 9.17) is 0 Å². The zero-order valence-electron chi connectivity index (χ0n) is 14.3. The van der Waals surface area contributed by atoms with E-state index in [0.29, 0.717) is 31.5 Å². The molecule has 0 bridgehead atoms. The van der Waals surface area contributed by atoms with E-state index >= 15 is 0 Å². The molecule has 4 rings (SSSR count). The molecule has 1 amide bonds. The lowest BCUT2D eigenvalue weighted by atomic mass is 10.00. The van der Waals surface area contributed by atoms with Crippen LogP contribution >= 0.6 is 0 Å². The van der Waals surface area contributed by atoms with Crippen LogP contribution in [0.3, 0.4) is 0 Å². The molecule has 25 heavy (non-hydrogen) atoms. The molecule has 0 aromatic heterocycles. The number of benzene rings is 2. The molecule has 0 unspecified atom stereocenters. The third kappa shape index (κ3) is 2.70. The monoisotopic (exact) mass is 356 g/mol. The molecule has 0 saturated heterocycles. The normalized spacial score (nSPS) is 16.1. The molecule has 130 valence electrons. The van der Waals surface area contributed by atoms with Crippen molar-refractivity contribution in [2.45, 2.75) is 38.0 Å². The quantitative estimate of drug-likeness (QED) is 0.919. The van der Waals surface area contributed by atoms with Gasteiger partial charge in [-0.15, -0.1) is 0 Å². The molecular formula is C19H20N2O3S. The average molecular weight is 356 g/mol. The molecular weight excluding hydrogens is 336 g/mol. The minimum Gasteiger partial charge on any atom is -0.312 e. The number of sulfonamides is 1. The van der Waals surface area contributed by atoms with E-state index in [2.05, 4.69) is 4.72 Å². The molecule has 2 aromatic rings. The van der Waals surface area contributed by atoms with Crippen LogP contribution in [-0.2, 0) is 27.7 Å².